The molecule has 1 fully saturated rings. The van der Waals surface area contributed by atoms with Gasteiger partial charge in [-0.3, -0.25) is 14.9 Å². The van der Waals surface area contributed by atoms with Crippen LogP contribution in [0.5, 0.6) is 11.5 Å². The molecule has 7 nitrogen and oxygen atoms in total. The zero-order chi connectivity index (χ0) is 16.8. The molecular formula is C16H22N2O5. The Labute approximate surface area is 134 Å². The van der Waals surface area contributed by atoms with Gasteiger partial charge < -0.3 is 15.1 Å². The lowest BCUT2D eigenvalue weighted by atomic mass is 10.0. The number of carbonyl (C=O) groups is 1. The average Bonchev–Trinajstić information content (AvgIpc) is 2.48. The highest BCUT2D eigenvalue weighted by Crippen LogP contribution is 2.36. The van der Waals surface area contributed by atoms with Gasteiger partial charge in [-0.15, -0.1) is 0 Å². The summed E-state index contributed by atoms with van der Waals surface area (Å²) in [7, 11) is 0. The summed E-state index contributed by atoms with van der Waals surface area (Å²) in [6, 6.07) is 2.10. The van der Waals surface area contributed by atoms with E-state index in [4.69, 9.17) is 0 Å². The SMILES string of the molecule is O=C(CCN1CCCCCCC1)c1cc(O)c(O)c([N+](=O)[O-])c1. The number of Topliss-reactive ketones (excluding diaryl/α,β-unsaturated/α-hetero) is 1. The Morgan fingerprint density at radius 2 is 1.74 bits per heavy atom. The van der Waals surface area contributed by atoms with Gasteiger partial charge >= 0.3 is 5.69 Å². The summed E-state index contributed by atoms with van der Waals surface area (Å²) in [5, 5.41) is 29.8. The predicted molar refractivity (Wildman–Crippen MR) is 84.9 cm³/mol. The van der Waals surface area contributed by atoms with Crippen molar-refractivity contribution in [3.05, 3.63) is 27.8 Å². The summed E-state index contributed by atoms with van der Waals surface area (Å²) in [5.74, 6) is -1.73. The highest BCUT2D eigenvalue weighted by molar-refractivity contribution is 5.97. The molecule has 1 aliphatic rings. The number of nitrogens with zero attached hydrogens (tertiary/aromatic N) is 2. The van der Waals surface area contributed by atoms with Crippen LogP contribution >= 0.6 is 0 Å². The fraction of sp³-hybridized carbons (Fsp3) is 0.562. The Morgan fingerprint density at radius 1 is 1.13 bits per heavy atom. The van der Waals surface area contributed by atoms with Crippen molar-refractivity contribution in [3.8, 4) is 11.5 Å². The molecule has 0 bridgehead atoms. The van der Waals surface area contributed by atoms with E-state index in [1.54, 1.807) is 0 Å². The predicted octanol–water partition coefficient (Wildman–Crippen LogP) is 2.84. The van der Waals surface area contributed by atoms with Crippen molar-refractivity contribution in [1.29, 1.82) is 0 Å². The summed E-state index contributed by atoms with van der Waals surface area (Å²) in [5.41, 5.74) is -0.598. The van der Waals surface area contributed by atoms with Crippen LogP contribution in [0.1, 0.15) is 48.9 Å². The standard InChI is InChI=1S/C16H22N2O5/c19-14(6-9-17-7-4-2-1-3-5-8-17)12-10-13(18(22)23)16(21)15(20)11-12/h10-11,20-21H,1-9H2. The van der Waals surface area contributed by atoms with Crippen molar-refractivity contribution in [2.45, 2.75) is 38.5 Å². The molecule has 1 saturated heterocycles. The summed E-state index contributed by atoms with van der Waals surface area (Å²) in [6.07, 6.45) is 6.18. The minimum Gasteiger partial charge on any atom is -0.504 e. The van der Waals surface area contributed by atoms with Crippen molar-refractivity contribution >= 4 is 11.5 Å². The number of aromatic hydroxyl groups is 2. The molecule has 0 aromatic heterocycles. The third kappa shape index (κ3) is 4.66. The van der Waals surface area contributed by atoms with Gasteiger partial charge in [0.05, 0.1) is 4.92 Å². The van der Waals surface area contributed by atoms with Crippen molar-refractivity contribution < 1.29 is 19.9 Å². The van der Waals surface area contributed by atoms with Crippen molar-refractivity contribution in [3.63, 3.8) is 0 Å². The lowest BCUT2D eigenvalue weighted by molar-refractivity contribution is -0.386. The molecule has 0 amide bonds. The highest BCUT2D eigenvalue weighted by Gasteiger charge is 2.21. The Kier molecular flexibility index (Phi) is 5.92. The molecule has 1 aliphatic heterocycles. The Balaban J connectivity index is 2.01. The van der Waals surface area contributed by atoms with Gasteiger partial charge in [0.25, 0.3) is 0 Å². The maximum atomic E-state index is 12.2. The minimum atomic E-state index is -0.815. The zero-order valence-electron chi connectivity index (χ0n) is 13.0. The van der Waals surface area contributed by atoms with Gasteiger partial charge in [-0.2, -0.15) is 0 Å². The first-order chi connectivity index (χ1) is 11.0. The number of phenolic OH excluding ortho intramolecular Hbond substituents is 2. The molecular weight excluding hydrogens is 300 g/mol. The second kappa shape index (κ2) is 7.92. The van der Waals surface area contributed by atoms with Crippen LogP contribution in [0.25, 0.3) is 0 Å². The molecule has 1 heterocycles. The van der Waals surface area contributed by atoms with E-state index in [0.717, 1.165) is 38.1 Å². The first-order valence-corrected chi connectivity index (χ1v) is 7.95. The van der Waals surface area contributed by atoms with Crippen LogP contribution in [-0.2, 0) is 0 Å². The van der Waals surface area contributed by atoms with E-state index in [1.165, 1.54) is 19.3 Å². The molecule has 126 valence electrons. The molecule has 1 aromatic rings. The number of carbonyl (C=O) groups excluding carboxylic acids is 1. The van der Waals surface area contributed by atoms with Gasteiger partial charge in [0.1, 0.15) is 0 Å². The quantitative estimate of drug-likeness (QED) is 0.374. The van der Waals surface area contributed by atoms with E-state index < -0.39 is 22.1 Å². The van der Waals surface area contributed by atoms with Crippen LogP contribution in [0.3, 0.4) is 0 Å². The molecule has 0 saturated carbocycles. The topological polar surface area (TPSA) is 104 Å². The Morgan fingerprint density at radius 3 is 2.35 bits per heavy atom. The van der Waals surface area contributed by atoms with Crippen molar-refractivity contribution in [2.24, 2.45) is 0 Å². The van der Waals surface area contributed by atoms with E-state index in [-0.39, 0.29) is 17.8 Å². The highest BCUT2D eigenvalue weighted by atomic mass is 16.6. The third-order valence-electron chi connectivity index (χ3n) is 4.19. The molecule has 0 spiro atoms. The second-order valence-corrected chi connectivity index (χ2v) is 5.90. The van der Waals surface area contributed by atoms with E-state index in [0.29, 0.717) is 6.54 Å². The van der Waals surface area contributed by atoms with Gasteiger partial charge in [-0.25, -0.2) is 0 Å². The number of likely N-dealkylation sites (tertiary alicyclic amines) is 1. The molecule has 0 radical (unpaired) electrons. The van der Waals surface area contributed by atoms with Gasteiger partial charge in [-0.1, -0.05) is 19.3 Å². The van der Waals surface area contributed by atoms with Crippen LogP contribution < -0.4 is 0 Å². The zero-order valence-corrected chi connectivity index (χ0v) is 13.0. The average molecular weight is 322 g/mol. The van der Waals surface area contributed by atoms with E-state index in [2.05, 4.69) is 4.90 Å². The number of hydrogen-bond acceptors (Lipinski definition) is 6. The van der Waals surface area contributed by atoms with Crippen LogP contribution in [0.2, 0.25) is 0 Å². The number of ketones is 1. The van der Waals surface area contributed by atoms with Crippen LogP contribution in [0, 0.1) is 10.1 Å². The lowest BCUT2D eigenvalue weighted by Crippen LogP contribution is -2.29. The van der Waals surface area contributed by atoms with Crippen LogP contribution in [0.15, 0.2) is 12.1 Å². The smallest absolute Gasteiger partial charge is 0.315 e. The number of phenols is 2. The number of benzene rings is 1. The normalized spacial score (nSPS) is 16.5. The van der Waals surface area contributed by atoms with Crippen LogP contribution in [0.4, 0.5) is 5.69 Å². The molecule has 0 atom stereocenters. The van der Waals surface area contributed by atoms with E-state index in [9.17, 15) is 25.1 Å². The van der Waals surface area contributed by atoms with Gasteiger partial charge in [0.2, 0.25) is 5.75 Å². The molecule has 2 rings (SSSR count). The largest absolute Gasteiger partial charge is 0.504 e. The number of rotatable bonds is 5. The molecule has 1 aromatic carbocycles. The van der Waals surface area contributed by atoms with Gasteiger partial charge in [0, 0.05) is 24.6 Å². The maximum absolute atomic E-state index is 12.2. The fourth-order valence-corrected chi connectivity index (χ4v) is 2.84. The Bertz CT molecular complexity index is 580. The summed E-state index contributed by atoms with van der Waals surface area (Å²) < 4.78 is 0. The lowest BCUT2D eigenvalue weighted by Gasteiger charge is -2.24. The second-order valence-electron chi connectivity index (χ2n) is 5.90. The molecule has 0 aliphatic carbocycles. The number of nitro benzene ring substituents is 1. The molecule has 23 heavy (non-hydrogen) atoms. The maximum Gasteiger partial charge on any atom is 0.315 e. The fourth-order valence-electron chi connectivity index (χ4n) is 2.84. The number of hydrogen-bond donors (Lipinski definition) is 2. The van der Waals surface area contributed by atoms with Crippen molar-refractivity contribution in [2.75, 3.05) is 19.6 Å². The van der Waals surface area contributed by atoms with Gasteiger partial charge in [-0.05, 0) is 32.0 Å². The van der Waals surface area contributed by atoms with Crippen molar-refractivity contribution in [1.82, 2.24) is 4.90 Å². The monoisotopic (exact) mass is 322 g/mol. The Hall–Kier alpha value is -2.15. The summed E-state index contributed by atoms with van der Waals surface area (Å²) in [4.78, 5) is 24.5. The number of nitro groups is 1. The first-order valence-electron chi connectivity index (χ1n) is 7.95. The molecule has 7 heteroatoms. The minimum absolute atomic E-state index is 0.0547. The van der Waals surface area contributed by atoms with Gasteiger partial charge in [0.15, 0.2) is 11.5 Å². The first kappa shape index (κ1) is 17.2. The molecule has 0 unspecified atom stereocenters. The van der Waals surface area contributed by atoms with E-state index in [1.807, 2.05) is 0 Å². The summed E-state index contributed by atoms with van der Waals surface area (Å²) in [6.45, 7) is 2.54. The third-order valence-corrected chi connectivity index (χ3v) is 4.19. The summed E-state index contributed by atoms with van der Waals surface area (Å²) >= 11 is 0. The van der Waals surface area contributed by atoms with Crippen LogP contribution in [-0.4, -0.2) is 45.5 Å². The molecule has 2 N–H and O–H groups in total. The van der Waals surface area contributed by atoms with E-state index >= 15 is 0 Å².